The molecule has 0 spiro atoms. The van der Waals surface area contributed by atoms with Crippen molar-refractivity contribution in [3.8, 4) is 11.4 Å². The van der Waals surface area contributed by atoms with Gasteiger partial charge in [0.2, 0.25) is 11.7 Å². The van der Waals surface area contributed by atoms with Gasteiger partial charge < -0.3 is 14.6 Å². The van der Waals surface area contributed by atoms with Crippen molar-refractivity contribution in [2.24, 2.45) is 0 Å². The zero-order valence-corrected chi connectivity index (χ0v) is 11.2. The first-order valence-corrected chi connectivity index (χ1v) is 6.68. The van der Waals surface area contributed by atoms with E-state index in [0.29, 0.717) is 30.5 Å². The van der Waals surface area contributed by atoms with Gasteiger partial charge in [-0.2, -0.15) is 4.98 Å². The maximum atomic E-state index is 13.2. The van der Waals surface area contributed by atoms with Crippen LogP contribution in [0.5, 0.6) is 0 Å². The van der Waals surface area contributed by atoms with Gasteiger partial charge in [-0.1, -0.05) is 24.2 Å². The average Bonchev–Trinajstić information content (AvgIpc) is 3.07. The van der Waals surface area contributed by atoms with Crippen molar-refractivity contribution in [1.82, 2.24) is 15.5 Å². The summed E-state index contributed by atoms with van der Waals surface area (Å²) in [6.45, 7) is 4.09. The van der Waals surface area contributed by atoms with Crippen LogP contribution >= 0.6 is 0 Å². The first kappa shape index (κ1) is 13.2. The summed E-state index contributed by atoms with van der Waals surface area (Å²) >= 11 is 0. The zero-order valence-electron chi connectivity index (χ0n) is 11.2. The number of nitrogens with zero attached hydrogens (tertiary/aromatic N) is 2. The lowest BCUT2D eigenvalue weighted by molar-refractivity contribution is 0.185. The van der Waals surface area contributed by atoms with Gasteiger partial charge in [-0.05, 0) is 18.7 Å². The lowest BCUT2D eigenvalue weighted by Crippen LogP contribution is -2.34. The minimum Gasteiger partial charge on any atom is -0.379 e. The molecule has 106 valence electrons. The summed E-state index contributed by atoms with van der Waals surface area (Å²) in [6.07, 6.45) is 0. The molecule has 1 fully saturated rings. The summed E-state index contributed by atoms with van der Waals surface area (Å²) in [5.41, 5.74) is 0.610. The fourth-order valence-corrected chi connectivity index (χ4v) is 2.39. The molecule has 0 bridgehead atoms. The van der Waals surface area contributed by atoms with Crippen LogP contribution in [0.25, 0.3) is 11.4 Å². The Morgan fingerprint density at radius 1 is 1.40 bits per heavy atom. The number of aromatic nitrogens is 2. The highest BCUT2D eigenvalue weighted by molar-refractivity contribution is 5.53. The Labute approximate surface area is 116 Å². The van der Waals surface area contributed by atoms with Gasteiger partial charge in [0.1, 0.15) is 5.82 Å². The molecule has 0 saturated carbocycles. The Bertz CT molecular complexity index is 587. The van der Waals surface area contributed by atoms with Gasteiger partial charge in [0.05, 0.1) is 19.1 Å². The maximum Gasteiger partial charge on any atom is 0.234 e. The van der Waals surface area contributed by atoms with E-state index in [1.807, 2.05) is 6.92 Å². The van der Waals surface area contributed by atoms with E-state index in [1.54, 1.807) is 12.1 Å². The van der Waals surface area contributed by atoms with Crippen LogP contribution in [0, 0.1) is 5.82 Å². The largest absolute Gasteiger partial charge is 0.379 e. The van der Waals surface area contributed by atoms with Crippen LogP contribution in [-0.2, 0) is 4.74 Å². The summed E-state index contributed by atoms with van der Waals surface area (Å²) in [7, 11) is 0. The van der Waals surface area contributed by atoms with Crippen LogP contribution in [0.15, 0.2) is 28.8 Å². The van der Waals surface area contributed by atoms with Gasteiger partial charge in [-0.25, -0.2) is 4.39 Å². The molecule has 6 heteroatoms. The molecular weight excluding hydrogens is 261 g/mol. The van der Waals surface area contributed by atoms with Crippen molar-refractivity contribution < 1.29 is 13.7 Å². The molecule has 2 unspecified atom stereocenters. The first-order chi connectivity index (χ1) is 9.78. The predicted octanol–water partition coefficient (Wildman–Crippen LogP) is 1.97. The number of benzene rings is 1. The van der Waals surface area contributed by atoms with E-state index < -0.39 is 0 Å². The molecule has 0 radical (unpaired) electrons. The highest BCUT2D eigenvalue weighted by atomic mass is 19.1. The smallest absolute Gasteiger partial charge is 0.234 e. The second-order valence-electron chi connectivity index (χ2n) is 4.77. The number of nitrogens with one attached hydrogen (secondary N) is 1. The summed E-state index contributed by atoms with van der Waals surface area (Å²) in [6, 6.07) is 6.34. The number of hydrogen-bond donors (Lipinski definition) is 1. The number of ether oxygens (including phenoxy) is 1. The van der Waals surface area contributed by atoms with Crippen LogP contribution in [0.3, 0.4) is 0 Å². The van der Waals surface area contributed by atoms with E-state index in [-0.39, 0.29) is 17.8 Å². The molecule has 1 N–H and O–H groups in total. The Hall–Kier alpha value is -1.79. The van der Waals surface area contributed by atoms with Gasteiger partial charge in [0.15, 0.2) is 0 Å². The summed E-state index contributed by atoms with van der Waals surface area (Å²) < 4.78 is 24.0. The van der Waals surface area contributed by atoms with Crippen molar-refractivity contribution >= 4 is 0 Å². The monoisotopic (exact) mass is 277 g/mol. The minimum absolute atomic E-state index is 0.0461. The molecule has 0 amide bonds. The number of halogens is 1. The third-order valence-corrected chi connectivity index (χ3v) is 3.39. The molecule has 1 aromatic heterocycles. The fourth-order valence-electron chi connectivity index (χ4n) is 2.39. The standard InChI is InChI=1S/C14H16FN3O2/c1-2-16-12-8-19-7-11(12)14-17-13(18-20-14)9-4-3-5-10(15)6-9/h3-6,11-12,16H,2,7-8H2,1H3. The molecular formula is C14H16FN3O2. The lowest BCUT2D eigenvalue weighted by Gasteiger charge is -2.13. The van der Waals surface area contributed by atoms with Crippen LogP contribution in [0.4, 0.5) is 4.39 Å². The Kier molecular flexibility index (Phi) is 3.75. The van der Waals surface area contributed by atoms with Crippen molar-refractivity contribution in [3.63, 3.8) is 0 Å². The molecule has 5 nitrogen and oxygen atoms in total. The van der Waals surface area contributed by atoms with E-state index in [9.17, 15) is 4.39 Å². The lowest BCUT2D eigenvalue weighted by atomic mass is 10.0. The predicted molar refractivity (Wildman–Crippen MR) is 70.7 cm³/mol. The van der Waals surface area contributed by atoms with E-state index in [1.165, 1.54) is 12.1 Å². The third-order valence-electron chi connectivity index (χ3n) is 3.39. The topological polar surface area (TPSA) is 60.2 Å². The first-order valence-electron chi connectivity index (χ1n) is 6.68. The van der Waals surface area contributed by atoms with E-state index in [0.717, 1.165) is 6.54 Å². The molecule has 20 heavy (non-hydrogen) atoms. The van der Waals surface area contributed by atoms with E-state index in [2.05, 4.69) is 15.5 Å². The highest BCUT2D eigenvalue weighted by Gasteiger charge is 2.33. The maximum absolute atomic E-state index is 13.2. The number of hydrogen-bond acceptors (Lipinski definition) is 5. The van der Waals surface area contributed by atoms with Gasteiger partial charge in [-0.15, -0.1) is 0 Å². The number of likely N-dealkylation sites (N-methyl/N-ethyl adjacent to an activating group) is 1. The fraction of sp³-hybridized carbons (Fsp3) is 0.429. The molecule has 0 aliphatic carbocycles. The second-order valence-corrected chi connectivity index (χ2v) is 4.77. The molecule has 2 aromatic rings. The van der Waals surface area contributed by atoms with Crippen molar-refractivity contribution in [2.75, 3.05) is 19.8 Å². The van der Waals surface area contributed by atoms with Gasteiger partial charge in [0, 0.05) is 11.6 Å². The third kappa shape index (κ3) is 2.57. The molecule has 1 aromatic carbocycles. The quantitative estimate of drug-likeness (QED) is 0.925. The Balaban J connectivity index is 1.83. The molecule has 2 heterocycles. The van der Waals surface area contributed by atoms with Crippen molar-refractivity contribution in [3.05, 3.63) is 36.0 Å². The van der Waals surface area contributed by atoms with Crippen LogP contribution in [0.1, 0.15) is 18.7 Å². The van der Waals surface area contributed by atoms with Crippen molar-refractivity contribution in [1.29, 1.82) is 0 Å². The SMILES string of the molecule is CCNC1COCC1c1nc(-c2cccc(F)c2)no1. The molecule has 1 aliphatic heterocycles. The van der Waals surface area contributed by atoms with Gasteiger partial charge >= 0.3 is 0 Å². The number of rotatable bonds is 4. The minimum atomic E-state index is -0.316. The summed E-state index contributed by atoms with van der Waals surface area (Å²) in [5, 5.41) is 7.27. The van der Waals surface area contributed by atoms with E-state index in [4.69, 9.17) is 9.26 Å². The summed E-state index contributed by atoms with van der Waals surface area (Å²) in [5.74, 6) is 0.669. The second kappa shape index (κ2) is 5.68. The highest BCUT2D eigenvalue weighted by Crippen LogP contribution is 2.26. The van der Waals surface area contributed by atoms with Gasteiger partial charge in [0.25, 0.3) is 0 Å². The van der Waals surface area contributed by atoms with Crippen LogP contribution in [0.2, 0.25) is 0 Å². The summed E-state index contributed by atoms with van der Waals surface area (Å²) in [4.78, 5) is 4.37. The molecule has 1 saturated heterocycles. The average molecular weight is 277 g/mol. The van der Waals surface area contributed by atoms with Crippen LogP contribution in [-0.4, -0.2) is 35.9 Å². The zero-order chi connectivity index (χ0) is 13.9. The van der Waals surface area contributed by atoms with Crippen LogP contribution < -0.4 is 5.32 Å². The molecule has 3 rings (SSSR count). The Morgan fingerprint density at radius 3 is 3.10 bits per heavy atom. The Morgan fingerprint density at radius 2 is 2.30 bits per heavy atom. The molecule has 2 atom stereocenters. The normalized spacial score (nSPS) is 22.3. The van der Waals surface area contributed by atoms with E-state index >= 15 is 0 Å². The molecule has 1 aliphatic rings. The van der Waals surface area contributed by atoms with Gasteiger partial charge in [-0.3, -0.25) is 0 Å². The van der Waals surface area contributed by atoms with Crippen molar-refractivity contribution in [2.45, 2.75) is 18.9 Å².